The molecule has 0 aromatic heterocycles. The van der Waals surface area contributed by atoms with E-state index in [4.69, 9.17) is 0 Å². The molecule has 0 N–H and O–H groups in total. The number of ketones is 1. The summed E-state index contributed by atoms with van der Waals surface area (Å²) in [6.07, 6.45) is 3.85. The zero-order valence-electron chi connectivity index (χ0n) is 14.6. The highest BCUT2D eigenvalue weighted by atomic mass is 127. The van der Waals surface area contributed by atoms with Crippen molar-refractivity contribution >= 4 is 40.1 Å². The molecule has 4 nitrogen and oxygen atoms in total. The maximum atomic E-state index is 12.8. The van der Waals surface area contributed by atoms with Gasteiger partial charge in [-0.25, -0.2) is 0 Å². The van der Waals surface area contributed by atoms with Crippen molar-refractivity contribution in [3.05, 3.63) is 69.3 Å². The van der Waals surface area contributed by atoms with Crippen molar-refractivity contribution in [2.75, 3.05) is 4.90 Å². The molecule has 0 aliphatic carbocycles. The highest BCUT2D eigenvalue weighted by Gasteiger charge is 2.62. The van der Waals surface area contributed by atoms with Crippen molar-refractivity contribution in [2.24, 2.45) is 5.41 Å². The first-order valence-electron chi connectivity index (χ1n) is 8.67. The topological polar surface area (TPSA) is 67.9 Å². The number of benzene rings is 2. The monoisotopic (exact) mass is 465 g/mol. The van der Waals surface area contributed by atoms with Crippen LogP contribution in [0.1, 0.15) is 24.0 Å². The molecule has 4 rings (SSSR count). The lowest BCUT2D eigenvalue weighted by molar-refractivity contribution is -0.118. The minimum atomic E-state index is -1.34. The summed E-state index contributed by atoms with van der Waals surface area (Å²) < 4.78 is 1.01. The minimum Gasteiger partial charge on any atom is -0.351 e. The van der Waals surface area contributed by atoms with E-state index in [1.807, 2.05) is 65.6 Å². The number of anilines is 1. The first-order chi connectivity index (χ1) is 13.0. The molecule has 1 fully saturated rings. The zero-order valence-corrected chi connectivity index (χ0v) is 16.8. The van der Waals surface area contributed by atoms with Gasteiger partial charge in [0.15, 0.2) is 11.2 Å². The molecule has 2 heterocycles. The third-order valence-corrected chi connectivity index (χ3v) is 6.21. The average Bonchev–Trinajstić information content (AvgIpc) is 2.99. The second kappa shape index (κ2) is 6.51. The molecule has 3 atom stereocenters. The second-order valence-corrected chi connectivity index (χ2v) is 8.20. The molecule has 0 bridgehead atoms. The Kier molecular flexibility index (Phi) is 4.28. The van der Waals surface area contributed by atoms with Crippen LogP contribution in [0, 0.1) is 31.6 Å². The van der Waals surface area contributed by atoms with Gasteiger partial charge in [-0.3, -0.25) is 4.79 Å². The Morgan fingerprint density at radius 2 is 1.89 bits per heavy atom. The van der Waals surface area contributed by atoms with E-state index in [1.165, 1.54) is 0 Å². The molecule has 0 spiro atoms. The van der Waals surface area contributed by atoms with Crippen LogP contribution in [-0.4, -0.2) is 17.9 Å². The van der Waals surface area contributed by atoms with Gasteiger partial charge in [-0.05, 0) is 58.8 Å². The first-order valence-corrected chi connectivity index (χ1v) is 9.75. The van der Waals surface area contributed by atoms with Gasteiger partial charge >= 0.3 is 0 Å². The quantitative estimate of drug-likeness (QED) is 0.621. The largest absolute Gasteiger partial charge is 0.351 e. The van der Waals surface area contributed by atoms with E-state index in [-0.39, 0.29) is 5.78 Å². The van der Waals surface area contributed by atoms with Crippen LogP contribution in [0.5, 0.6) is 0 Å². The van der Waals surface area contributed by atoms with E-state index in [0.29, 0.717) is 0 Å². The lowest BCUT2D eigenvalue weighted by atomic mass is 9.69. The number of rotatable bonds is 2. The Morgan fingerprint density at radius 1 is 1.15 bits per heavy atom. The molecule has 3 unspecified atom stereocenters. The number of carbonyl (C=O) groups excluding carboxylic acids is 1. The highest BCUT2D eigenvalue weighted by Crippen LogP contribution is 2.55. The van der Waals surface area contributed by atoms with E-state index >= 15 is 0 Å². The normalized spacial score (nSPS) is 24.4. The molecule has 2 aliphatic heterocycles. The molecule has 1 saturated heterocycles. The van der Waals surface area contributed by atoms with Crippen LogP contribution in [0.4, 0.5) is 5.69 Å². The molecule has 5 heteroatoms. The summed E-state index contributed by atoms with van der Waals surface area (Å²) in [6.45, 7) is 1.55. The van der Waals surface area contributed by atoms with Gasteiger partial charge in [0.1, 0.15) is 0 Å². The Morgan fingerprint density at radius 3 is 2.56 bits per heavy atom. The zero-order chi connectivity index (χ0) is 19.2. The minimum absolute atomic E-state index is 0.0404. The van der Waals surface area contributed by atoms with Crippen LogP contribution in [0.25, 0.3) is 6.08 Å². The maximum absolute atomic E-state index is 12.8. The summed E-state index contributed by atoms with van der Waals surface area (Å²) in [4.78, 5) is 14.8. The van der Waals surface area contributed by atoms with Gasteiger partial charge in [0, 0.05) is 15.2 Å². The number of halogens is 1. The van der Waals surface area contributed by atoms with Crippen LogP contribution in [-0.2, 0) is 4.79 Å². The van der Waals surface area contributed by atoms with Gasteiger partial charge in [0.25, 0.3) is 0 Å². The Balaban J connectivity index is 2.01. The highest BCUT2D eigenvalue weighted by molar-refractivity contribution is 14.1. The molecule has 0 amide bonds. The van der Waals surface area contributed by atoms with Gasteiger partial charge in [-0.15, -0.1) is 0 Å². The van der Waals surface area contributed by atoms with Gasteiger partial charge in [0.2, 0.25) is 0 Å². The number of carbonyl (C=O) groups is 1. The number of fused-ring (bicyclic) bond motifs is 3. The predicted molar refractivity (Wildman–Crippen MR) is 112 cm³/mol. The van der Waals surface area contributed by atoms with E-state index in [9.17, 15) is 15.3 Å². The summed E-state index contributed by atoms with van der Waals surface area (Å²) in [5.41, 5.74) is 1.40. The number of hydrogen-bond donors (Lipinski definition) is 0. The fraction of sp³-hybridized carbons (Fsp3) is 0.227. The van der Waals surface area contributed by atoms with Gasteiger partial charge in [-0.2, -0.15) is 10.5 Å². The van der Waals surface area contributed by atoms with Crippen molar-refractivity contribution in [1.82, 2.24) is 0 Å². The number of Topliss-reactive ketones (excluding diaryl/α,β-unsaturated/α-hetero) is 1. The molecule has 2 aromatic carbocycles. The van der Waals surface area contributed by atoms with Crippen LogP contribution in [0.3, 0.4) is 0 Å². The number of hydrogen-bond acceptors (Lipinski definition) is 4. The third-order valence-electron chi connectivity index (χ3n) is 5.54. The third kappa shape index (κ3) is 2.49. The Hall–Kier alpha value is -2.64. The van der Waals surface area contributed by atoms with Crippen molar-refractivity contribution in [2.45, 2.75) is 24.9 Å². The fourth-order valence-corrected chi connectivity index (χ4v) is 5.03. The second-order valence-electron chi connectivity index (χ2n) is 6.95. The molecular weight excluding hydrogens is 449 g/mol. The van der Waals surface area contributed by atoms with Crippen molar-refractivity contribution in [3.8, 4) is 12.1 Å². The smallest absolute Gasteiger partial charge is 0.176 e. The maximum Gasteiger partial charge on any atom is 0.176 e. The lowest BCUT2D eigenvalue weighted by Crippen LogP contribution is -2.43. The number of nitriles is 2. The van der Waals surface area contributed by atoms with Gasteiger partial charge in [0.05, 0.1) is 24.2 Å². The van der Waals surface area contributed by atoms with Crippen LogP contribution in [0.2, 0.25) is 0 Å². The lowest BCUT2D eigenvalue weighted by Gasteiger charge is -2.35. The van der Waals surface area contributed by atoms with Gasteiger partial charge < -0.3 is 4.90 Å². The van der Waals surface area contributed by atoms with E-state index in [1.54, 1.807) is 6.92 Å². The summed E-state index contributed by atoms with van der Waals surface area (Å²) in [7, 11) is 0. The molecule has 2 aliphatic rings. The van der Waals surface area contributed by atoms with E-state index < -0.39 is 23.4 Å². The summed E-state index contributed by atoms with van der Waals surface area (Å²) in [5, 5.41) is 20.3. The van der Waals surface area contributed by atoms with Crippen LogP contribution >= 0.6 is 22.6 Å². The molecule has 0 radical (unpaired) electrons. The van der Waals surface area contributed by atoms with Gasteiger partial charge in [-0.1, -0.05) is 42.5 Å². The molecular formula is C22H16IN3O. The summed E-state index contributed by atoms with van der Waals surface area (Å²) in [5.74, 6) is -0.568. The van der Waals surface area contributed by atoms with Crippen molar-refractivity contribution in [3.63, 3.8) is 0 Å². The molecule has 2 aromatic rings. The SMILES string of the molecule is CC(=O)C1C(c2cccc(I)c2)C(C#N)(C#N)C2C=Cc3ccccc3N12. The van der Waals surface area contributed by atoms with Crippen molar-refractivity contribution < 1.29 is 4.79 Å². The molecule has 0 saturated carbocycles. The van der Waals surface area contributed by atoms with Crippen LogP contribution < -0.4 is 4.90 Å². The standard InChI is InChI=1S/C22H16IN3O/c1-14(27)21-20(16-6-4-7-17(23)11-16)22(12-24,13-25)19-10-9-15-5-2-3-8-18(15)26(19)21/h2-11,19-21H,1H3. The van der Waals surface area contributed by atoms with E-state index in [0.717, 1.165) is 20.4 Å². The molecule has 132 valence electrons. The Bertz CT molecular complexity index is 1030. The summed E-state index contributed by atoms with van der Waals surface area (Å²) in [6, 6.07) is 19.1. The predicted octanol–water partition coefficient (Wildman–Crippen LogP) is 4.28. The average molecular weight is 465 g/mol. The fourth-order valence-electron chi connectivity index (χ4n) is 4.46. The Labute approximate surface area is 171 Å². The van der Waals surface area contributed by atoms with Crippen molar-refractivity contribution in [1.29, 1.82) is 10.5 Å². The number of nitrogens with zero attached hydrogens (tertiary/aromatic N) is 3. The first kappa shape index (κ1) is 17.8. The van der Waals surface area contributed by atoms with E-state index in [2.05, 4.69) is 34.7 Å². The number of para-hydroxylation sites is 1. The van der Waals surface area contributed by atoms with Crippen LogP contribution in [0.15, 0.2) is 54.6 Å². The summed E-state index contributed by atoms with van der Waals surface area (Å²) >= 11 is 2.22. The molecule has 27 heavy (non-hydrogen) atoms.